The predicted molar refractivity (Wildman–Crippen MR) is 54.6 cm³/mol. The van der Waals surface area contributed by atoms with Crippen LogP contribution >= 0.6 is 0 Å². The first-order valence-electron chi connectivity index (χ1n) is 5.02. The van der Waals surface area contributed by atoms with E-state index in [9.17, 15) is 4.79 Å². The third-order valence-corrected chi connectivity index (χ3v) is 1.66. The lowest BCUT2D eigenvalue weighted by atomic mass is 10.5. The van der Waals surface area contributed by atoms with Crippen LogP contribution in [0, 0.1) is 0 Å². The summed E-state index contributed by atoms with van der Waals surface area (Å²) in [4.78, 5) is 14.6. The van der Waals surface area contributed by atoms with Gasteiger partial charge in [-0.05, 0) is 20.8 Å². The van der Waals surface area contributed by atoms with Crippen molar-refractivity contribution in [2.75, 3.05) is 6.61 Å². The van der Waals surface area contributed by atoms with Crippen LogP contribution < -0.4 is 4.74 Å². The Balaban J connectivity index is 2.79. The fourth-order valence-corrected chi connectivity index (χ4v) is 1.01. The van der Waals surface area contributed by atoms with Gasteiger partial charge in [0.05, 0.1) is 12.7 Å². The number of carboxylic acids is 1. The topological polar surface area (TPSA) is 81.8 Å². The molecule has 0 atom stereocenters. The van der Waals surface area contributed by atoms with Crippen LogP contribution in [0.4, 0.5) is 0 Å². The van der Waals surface area contributed by atoms with E-state index >= 15 is 0 Å². The molecule has 0 aliphatic heterocycles. The van der Waals surface area contributed by atoms with Crippen molar-refractivity contribution in [1.29, 1.82) is 0 Å². The van der Waals surface area contributed by atoms with Crippen LogP contribution in [0.25, 0.3) is 0 Å². The number of ether oxygens (including phenoxy) is 2. The van der Waals surface area contributed by atoms with Crippen molar-refractivity contribution >= 4 is 5.97 Å². The highest BCUT2D eigenvalue weighted by molar-refractivity contribution is 5.87. The molecule has 0 aliphatic carbocycles. The Labute approximate surface area is 93.2 Å². The summed E-state index contributed by atoms with van der Waals surface area (Å²) in [5.74, 6) is -1.05. The summed E-state index contributed by atoms with van der Waals surface area (Å²) in [6.07, 6.45) is 0.0238. The zero-order valence-corrected chi connectivity index (χ0v) is 9.52. The van der Waals surface area contributed by atoms with Gasteiger partial charge in [-0.1, -0.05) is 0 Å². The van der Waals surface area contributed by atoms with E-state index in [4.69, 9.17) is 19.0 Å². The standard InChI is InChI=1S/C10H15NO5/c1-4-14-10-8(9(12)13)11-7(16-10)5-15-6(2)3/h6H,4-5H2,1-3H3,(H,12,13). The highest BCUT2D eigenvalue weighted by atomic mass is 16.6. The van der Waals surface area contributed by atoms with Crippen LogP contribution in [0.1, 0.15) is 37.2 Å². The molecule has 0 saturated carbocycles. The Hall–Kier alpha value is -1.56. The van der Waals surface area contributed by atoms with Gasteiger partial charge in [-0.15, -0.1) is 0 Å². The fraction of sp³-hybridized carbons (Fsp3) is 0.600. The maximum Gasteiger partial charge on any atom is 0.362 e. The SMILES string of the molecule is CCOc1oc(COC(C)C)nc1C(=O)O. The van der Waals surface area contributed by atoms with E-state index in [1.54, 1.807) is 6.92 Å². The summed E-state index contributed by atoms with van der Waals surface area (Å²) in [6, 6.07) is 0. The van der Waals surface area contributed by atoms with Crippen molar-refractivity contribution in [3.8, 4) is 5.95 Å². The molecular formula is C10H15NO5. The highest BCUT2D eigenvalue weighted by Crippen LogP contribution is 2.20. The number of oxazole rings is 1. The molecule has 0 radical (unpaired) electrons. The molecule has 0 aliphatic rings. The normalized spacial score (nSPS) is 10.8. The lowest BCUT2D eigenvalue weighted by Crippen LogP contribution is -2.03. The smallest absolute Gasteiger partial charge is 0.362 e. The van der Waals surface area contributed by atoms with Gasteiger partial charge < -0.3 is 19.0 Å². The number of hydrogen-bond donors (Lipinski definition) is 1. The van der Waals surface area contributed by atoms with Crippen LogP contribution in [-0.2, 0) is 11.3 Å². The van der Waals surface area contributed by atoms with Crippen molar-refractivity contribution in [3.63, 3.8) is 0 Å². The Bertz CT molecular complexity index is 358. The molecule has 1 rings (SSSR count). The lowest BCUT2D eigenvalue weighted by molar-refractivity contribution is 0.0495. The van der Waals surface area contributed by atoms with Crippen LogP contribution in [0.5, 0.6) is 5.95 Å². The number of nitrogens with zero attached hydrogens (tertiary/aromatic N) is 1. The Morgan fingerprint density at radius 3 is 2.75 bits per heavy atom. The van der Waals surface area contributed by atoms with Gasteiger partial charge in [0.15, 0.2) is 0 Å². The summed E-state index contributed by atoms with van der Waals surface area (Å²) in [6.45, 7) is 5.92. The molecule has 1 heterocycles. The third-order valence-electron chi connectivity index (χ3n) is 1.66. The quantitative estimate of drug-likeness (QED) is 0.799. The molecule has 90 valence electrons. The molecule has 0 spiro atoms. The molecule has 6 nitrogen and oxygen atoms in total. The average Bonchev–Trinajstić information content (AvgIpc) is 2.59. The molecule has 0 bridgehead atoms. The first-order valence-corrected chi connectivity index (χ1v) is 5.02. The molecule has 0 amide bonds. The van der Waals surface area contributed by atoms with Gasteiger partial charge >= 0.3 is 11.9 Å². The number of aromatic nitrogens is 1. The molecular weight excluding hydrogens is 214 g/mol. The average molecular weight is 229 g/mol. The number of aromatic carboxylic acids is 1. The van der Waals surface area contributed by atoms with E-state index in [-0.39, 0.29) is 30.2 Å². The molecule has 0 unspecified atom stereocenters. The van der Waals surface area contributed by atoms with Gasteiger partial charge in [-0.2, -0.15) is 0 Å². The Kier molecular flexibility index (Phi) is 4.30. The van der Waals surface area contributed by atoms with Crippen LogP contribution in [-0.4, -0.2) is 28.8 Å². The predicted octanol–water partition coefficient (Wildman–Crippen LogP) is 1.70. The minimum Gasteiger partial charge on any atom is -0.476 e. The minimum atomic E-state index is -1.18. The van der Waals surface area contributed by atoms with Gasteiger partial charge in [-0.25, -0.2) is 9.78 Å². The van der Waals surface area contributed by atoms with E-state index in [1.807, 2.05) is 13.8 Å². The number of rotatable bonds is 6. The van der Waals surface area contributed by atoms with Crippen LogP contribution in [0.2, 0.25) is 0 Å². The van der Waals surface area contributed by atoms with Gasteiger partial charge in [-0.3, -0.25) is 0 Å². The number of hydrogen-bond acceptors (Lipinski definition) is 5. The molecule has 16 heavy (non-hydrogen) atoms. The van der Waals surface area contributed by atoms with Crippen LogP contribution in [0.3, 0.4) is 0 Å². The Morgan fingerprint density at radius 1 is 1.56 bits per heavy atom. The van der Waals surface area contributed by atoms with E-state index in [1.165, 1.54) is 0 Å². The van der Waals surface area contributed by atoms with E-state index in [0.717, 1.165) is 0 Å². The summed E-state index contributed by atoms with van der Waals surface area (Å²) >= 11 is 0. The fourth-order valence-electron chi connectivity index (χ4n) is 1.01. The first kappa shape index (κ1) is 12.5. The maximum atomic E-state index is 10.8. The zero-order valence-electron chi connectivity index (χ0n) is 9.52. The molecule has 0 saturated heterocycles. The monoisotopic (exact) mass is 229 g/mol. The van der Waals surface area contributed by atoms with Crippen molar-refractivity contribution < 1.29 is 23.8 Å². The van der Waals surface area contributed by atoms with Crippen LogP contribution in [0.15, 0.2) is 4.42 Å². The summed E-state index contributed by atoms with van der Waals surface area (Å²) in [5.41, 5.74) is -0.218. The molecule has 0 aromatic carbocycles. The largest absolute Gasteiger partial charge is 0.476 e. The minimum absolute atomic E-state index is 0.0238. The van der Waals surface area contributed by atoms with E-state index < -0.39 is 5.97 Å². The van der Waals surface area contributed by atoms with Gasteiger partial charge in [0, 0.05) is 0 Å². The van der Waals surface area contributed by atoms with Gasteiger partial charge in [0.1, 0.15) is 6.61 Å². The van der Waals surface area contributed by atoms with E-state index in [0.29, 0.717) is 6.61 Å². The molecule has 1 N–H and O–H groups in total. The number of carboxylic acid groups (broad SMARTS) is 1. The van der Waals surface area contributed by atoms with Crippen molar-refractivity contribution in [1.82, 2.24) is 4.98 Å². The second kappa shape index (κ2) is 5.50. The van der Waals surface area contributed by atoms with Gasteiger partial charge in [0.2, 0.25) is 11.6 Å². The lowest BCUT2D eigenvalue weighted by Gasteiger charge is -2.03. The third kappa shape index (κ3) is 3.23. The van der Waals surface area contributed by atoms with E-state index in [2.05, 4.69) is 4.98 Å². The van der Waals surface area contributed by atoms with Crippen molar-refractivity contribution in [2.24, 2.45) is 0 Å². The van der Waals surface area contributed by atoms with Crippen molar-refractivity contribution in [2.45, 2.75) is 33.5 Å². The number of carbonyl (C=O) groups is 1. The highest BCUT2D eigenvalue weighted by Gasteiger charge is 2.20. The summed E-state index contributed by atoms with van der Waals surface area (Å²) < 4.78 is 15.4. The summed E-state index contributed by atoms with van der Waals surface area (Å²) in [7, 11) is 0. The van der Waals surface area contributed by atoms with Crippen molar-refractivity contribution in [3.05, 3.63) is 11.6 Å². The summed E-state index contributed by atoms with van der Waals surface area (Å²) in [5, 5.41) is 8.84. The molecule has 6 heteroatoms. The molecule has 1 aromatic rings. The molecule has 1 aromatic heterocycles. The second-order valence-electron chi connectivity index (χ2n) is 3.34. The second-order valence-corrected chi connectivity index (χ2v) is 3.34. The maximum absolute atomic E-state index is 10.8. The Morgan fingerprint density at radius 2 is 2.25 bits per heavy atom. The molecule has 0 fully saturated rings. The first-order chi connectivity index (χ1) is 7.54. The zero-order chi connectivity index (χ0) is 12.1. The van der Waals surface area contributed by atoms with Gasteiger partial charge in [0.25, 0.3) is 0 Å².